The van der Waals surface area contributed by atoms with E-state index in [0.717, 1.165) is 38.5 Å². The minimum atomic E-state index is -0.257. The molecule has 0 amide bonds. The summed E-state index contributed by atoms with van der Waals surface area (Å²) in [6, 6.07) is 0. The van der Waals surface area contributed by atoms with Crippen LogP contribution < -0.4 is 0 Å². The van der Waals surface area contributed by atoms with Crippen LogP contribution in [0.3, 0.4) is 0 Å². The highest BCUT2D eigenvalue weighted by Crippen LogP contribution is 2.46. The van der Waals surface area contributed by atoms with Crippen molar-refractivity contribution in [2.24, 2.45) is 11.3 Å². The number of aliphatic hydroxyl groups excluding tert-OH is 1. The molecule has 0 radical (unpaired) electrons. The van der Waals surface area contributed by atoms with E-state index in [0.29, 0.717) is 5.78 Å². The largest absolute Gasteiger partial charge is 0.393 e. The lowest BCUT2D eigenvalue weighted by molar-refractivity contribution is -0.137. The Balaban J connectivity index is 2.22. The summed E-state index contributed by atoms with van der Waals surface area (Å²) in [5.74, 6) is 0.547. The standard InChI is InChI=1S/C13H22O2/c1-13-9-5-7-11(14)10(13)6-3-2-4-8-12(13)15/h10,12,15H,2-9H2,1H3/t10-,12+,13+/m1/s1. The molecule has 0 heterocycles. The fourth-order valence-corrected chi connectivity index (χ4v) is 3.44. The molecule has 0 spiro atoms. The molecule has 0 bridgehead atoms. The van der Waals surface area contributed by atoms with Crippen molar-refractivity contribution < 1.29 is 9.90 Å². The second kappa shape index (κ2) is 4.25. The lowest BCUT2D eigenvalue weighted by Crippen LogP contribution is -2.46. The van der Waals surface area contributed by atoms with Gasteiger partial charge in [0.1, 0.15) is 5.78 Å². The molecular weight excluding hydrogens is 188 g/mol. The third kappa shape index (κ3) is 1.96. The van der Waals surface area contributed by atoms with Gasteiger partial charge in [0.05, 0.1) is 6.10 Å². The van der Waals surface area contributed by atoms with Gasteiger partial charge in [-0.1, -0.05) is 26.2 Å². The number of aliphatic hydroxyl groups is 1. The van der Waals surface area contributed by atoms with Gasteiger partial charge in [-0.2, -0.15) is 0 Å². The molecule has 15 heavy (non-hydrogen) atoms. The topological polar surface area (TPSA) is 37.3 Å². The van der Waals surface area contributed by atoms with Crippen LogP contribution in [0.4, 0.5) is 0 Å². The summed E-state index contributed by atoms with van der Waals surface area (Å²) in [4.78, 5) is 11.9. The van der Waals surface area contributed by atoms with E-state index in [1.165, 1.54) is 12.8 Å². The van der Waals surface area contributed by atoms with Gasteiger partial charge < -0.3 is 5.11 Å². The normalized spacial score (nSPS) is 42.9. The second-order valence-corrected chi connectivity index (χ2v) is 5.53. The first-order chi connectivity index (χ1) is 7.14. The monoisotopic (exact) mass is 210 g/mol. The number of hydrogen-bond acceptors (Lipinski definition) is 2. The first-order valence-corrected chi connectivity index (χ1v) is 6.35. The molecular formula is C13H22O2. The third-order valence-corrected chi connectivity index (χ3v) is 4.55. The molecule has 2 rings (SSSR count). The minimum absolute atomic E-state index is 0.115. The maximum absolute atomic E-state index is 11.9. The molecule has 3 atom stereocenters. The zero-order chi connectivity index (χ0) is 10.9. The molecule has 1 N–H and O–H groups in total. The minimum Gasteiger partial charge on any atom is -0.393 e. The summed E-state index contributed by atoms with van der Waals surface area (Å²) in [5, 5.41) is 10.2. The number of ketones is 1. The fourth-order valence-electron chi connectivity index (χ4n) is 3.44. The third-order valence-electron chi connectivity index (χ3n) is 4.55. The molecule has 0 aromatic carbocycles. The van der Waals surface area contributed by atoms with Crippen LogP contribution in [0.5, 0.6) is 0 Å². The molecule has 0 aliphatic heterocycles. The highest BCUT2D eigenvalue weighted by atomic mass is 16.3. The zero-order valence-corrected chi connectivity index (χ0v) is 9.67. The predicted molar refractivity (Wildman–Crippen MR) is 59.5 cm³/mol. The molecule has 86 valence electrons. The summed E-state index contributed by atoms with van der Waals surface area (Å²) in [7, 11) is 0. The van der Waals surface area contributed by atoms with Crippen molar-refractivity contribution in [3.05, 3.63) is 0 Å². The summed E-state index contributed by atoms with van der Waals surface area (Å²) < 4.78 is 0. The fraction of sp³-hybridized carbons (Fsp3) is 0.923. The Morgan fingerprint density at radius 3 is 2.73 bits per heavy atom. The van der Waals surface area contributed by atoms with E-state index in [1.54, 1.807) is 0 Å². The van der Waals surface area contributed by atoms with Gasteiger partial charge in [0.2, 0.25) is 0 Å². The van der Waals surface area contributed by atoms with Crippen LogP contribution in [0.25, 0.3) is 0 Å². The molecule has 2 saturated carbocycles. The van der Waals surface area contributed by atoms with Crippen LogP contribution in [-0.2, 0) is 4.79 Å². The zero-order valence-electron chi connectivity index (χ0n) is 9.67. The van der Waals surface area contributed by atoms with Gasteiger partial charge in [-0.25, -0.2) is 0 Å². The molecule has 2 aliphatic rings. The van der Waals surface area contributed by atoms with Crippen LogP contribution in [0, 0.1) is 11.3 Å². The quantitative estimate of drug-likeness (QED) is 0.667. The molecule has 0 aromatic rings. The maximum Gasteiger partial charge on any atom is 0.136 e. The SMILES string of the molecule is C[C@]12CCCC(=O)[C@H]1CCCCC[C@@H]2O. The molecule has 0 unspecified atom stereocenters. The number of rotatable bonds is 0. The number of Topliss-reactive ketones (excluding diaryl/α,β-unsaturated/α-hetero) is 1. The predicted octanol–water partition coefficient (Wildman–Crippen LogP) is 2.69. The Bertz CT molecular complexity index is 249. The van der Waals surface area contributed by atoms with Crippen molar-refractivity contribution in [1.82, 2.24) is 0 Å². The van der Waals surface area contributed by atoms with Crippen molar-refractivity contribution in [3.63, 3.8) is 0 Å². The highest BCUT2D eigenvalue weighted by molar-refractivity contribution is 5.82. The highest BCUT2D eigenvalue weighted by Gasteiger charge is 2.46. The van der Waals surface area contributed by atoms with E-state index in [9.17, 15) is 9.90 Å². The summed E-state index contributed by atoms with van der Waals surface area (Å²) in [6.07, 6.45) is 7.85. The average Bonchev–Trinajstić information content (AvgIpc) is 2.19. The first-order valence-electron chi connectivity index (χ1n) is 6.35. The van der Waals surface area contributed by atoms with Gasteiger partial charge in [-0.15, -0.1) is 0 Å². The summed E-state index contributed by atoms with van der Waals surface area (Å²) >= 11 is 0. The van der Waals surface area contributed by atoms with Gasteiger partial charge in [-0.3, -0.25) is 4.79 Å². The Morgan fingerprint density at radius 2 is 1.93 bits per heavy atom. The van der Waals surface area contributed by atoms with Gasteiger partial charge in [-0.05, 0) is 25.7 Å². The van der Waals surface area contributed by atoms with Crippen molar-refractivity contribution in [2.75, 3.05) is 0 Å². The Morgan fingerprint density at radius 1 is 1.20 bits per heavy atom. The molecule has 0 saturated heterocycles. The molecule has 0 aromatic heterocycles. The molecule has 2 heteroatoms. The molecule has 2 nitrogen and oxygen atoms in total. The van der Waals surface area contributed by atoms with E-state index >= 15 is 0 Å². The van der Waals surface area contributed by atoms with Crippen LogP contribution in [-0.4, -0.2) is 17.0 Å². The smallest absolute Gasteiger partial charge is 0.136 e. The van der Waals surface area contributed by atoms with Crippen molar-refractivity contribution in [3.8, 4) is 0 Å². The van der Waals surface area contributed by atoms with E-state index in [2.05, 4.69) is 6.92 Å². The van der Waals surface area contributed by atoms with E-state index in [1.807, 2.05) is 0 Å². The average molecular weight is 210 g/mol. The maximum atomic E-state index is 11.9. The van der Waals surface area contributed by atoms with Gasteiger partial charge in [0, 0.05) is 17.8 Å². The summed E-state index contributed by atoms with van der Waals surface area (Å²) in [6.45, 7) is 2.13. The van der Waals surface area contributed by atoms with Gasteiger partial charge in [0.25, 0.3) is 0 Å². The molecule has 2 fully saturated rings. The first kappa shape index (κ1) is 11.1. The van der Waals surface area contributed by atoms with Crippen LogP contribution >= 0.6 is 0 Å². The van der Waals surface area contributed by atoms with Crippen molar-refractivity contribution in [2.45, 2.75) is 64.4 Å². The number of carbonyl (C=O) groups is 1. The van der Waals surface area contributed by atoms with E-state index < -0.39 is 0 Å². The van der Waals surface area contributed by atoms with Crippen LogP contribution in [0.1, 0.15) is 58.3 Å². The van der Waals surface area contributed by atoms with Crippen LogP contribution in [0.2, 0.25) is 0 Å². The number of hydrogen-bond donors (Lipinski definition) is 1. The summed E-state index contributed by atoms with van der Waals surface area (Å²) in [5.41, 5.74) is -0.115. The number of carbonyl (C=O) groups excluding carboxylic acids is 1. The van der Waals surface area contributed by atoms with E-state index in [-0.39, 0.29) is 17.4 Å². The van der Waals surface area contributed by atoms with Crippen molar-refractivity contribution >= 4 is 5.78 Å². The Hall–Kier alpha value is -0.370. The molecule has 2 aliphatic carbocycles. The van der Waals surface area contributed by atoms with Gasteiger partial charge >= 0.3 is 0 Å². The van der Waals surface area contributed by atoms with Crippen molar-refractivity contribution in [1.29, 1.82) is 0 Å². The van der Waals surface area contributed by atoms with Crippen LogP contribution in [0.15, 0.2) is 0 Å². The number of fused-ring (bicyclic) bond motifs is 1. The lowest BCUT2D eigenvalue weighted by atomic mass is 9.60. The Labute approximate surface area is 92.1 Å². The Kier molecular flexibility index (Phi) is 3.15. The van der Waals surface area contributed by atoms with Gasteiger partial charge in [0.15, 0.2) is 0 Å². The second-order valence-electron chi connectivity index (χ2n) is 5.53. The lowest BCUT2D eigenvalue weighted by Gasteiger charge is -2.45. The van der Waals surface area contributed by atoms with E-state index in [4.69, 9.17) is 0 Å².